The van der Waals surface area contributed by atoms with Crippen LogP contribution in [0.1, 0.15) is 36.4 Å². The highest BCUT2D eigenvalue weighted by atomic mass is 35.5. The summed E-state index contributed by atoms with van der Waals surface area (Å²) in [6, 6.07) is 20.3. The number of nitrogens with one attached hydrogen (secondary N) is 1. The van der Waals surface area contributed by atoms with Gasteiger partial charge in [-0.15, -0.1) is 24.8 Å². The fourth-order valence-electron chi connectivity index (χ4n) is 3.46. The molecule has 148 valence electrons. The molecule has 27 heavy (non-hydrogen) atoms. The van der Waals surface area contributed by atoms with Crippen molar-refractivity contribution in [1.82, 2.24) is 10.2 Å². The van der Waals surface area contributed by atoms with Gasteiger partial charge < -0.3 is 11.1 Å². The molecule has 4 nitrogen and oxygen atoms in total. The quantitative estimate of drug-likeness (QED) is 0.764. The Bertz CT molecular complexity index is 670. The summed E-state index contributed by atoms with van der Waals surface area (Å²) < 4.78 is 0. The van der Waals surface area contributed by atoms with E-state index in [1.165, 1.54) is 5.56 Å². The number of hydrogen-bond donors (Lipinski definition) is 2. The maximum Gasteiger partial charge on any atom is 0.222 e. The van der Waals surface area contributed by atoms with Gasteiger partial charge in [0.05, 0.1) is 0 Å². The van der Waals surface area contributed by atoms with Crippen LogP contribution in [0.4, 0.5) is 0 Å². The summed E-state index contributed by atoms with van der Waals surface area (Å²) in [5.41, 5.74) is 8.49. The van der Waals surface area contributed by atoms with Crippen molar-refractivity contribution in [2.75, 3.05) is 13.1 Å². The van der Waals surface area contributed by atoms with Crippen LogP contribution in [0.15, 0.2) is 60.7 Å². The molecule has 1 saturated heterocycles. The van der Waals surface area contributed by atoms with E-state index in [1.807, 2.05) is 36.4 Å². The summed E-state index contributed by atoms with van der Waals surface area (Å²) in [5, 5.41) is 3.17. The number of carbonyl (C=O) groups excluding carboxylic acids is 1. The smallest absolute Gasteiger partial charge is 0.222 e. The van der Waals surface area contributed by atoms with Crippen molar-refractivity contribution in [3.05, 3.63) is 71.8 Å². The molecule has 0 aliphatic carbocycles. The third-order valence-electron chi connectivity index (χ3n) is 4.75. The van der Waals surface area contributed by atoms with E-state index in [1.54, 1.807) is 0 Å². The van der Waals surface area contributed by atoms with E-state index in [4.69, 9.17) is 5.73 Å². The van der Waals surface area contributed by atoms with E-state index in [0.29, 0.717) is 6.42 Å². The van der Waals surface area contributed by atoms with Gasteiger partial charge in [0.15, 0.2) is 0 Å². The van der Waals surface area contributed by atoms with Gasteiger partial charge in [-0.2, -0.15) is 0 Å². The third kappa shape index (κ3) is 7.51. The Morgan fingerprint density at radius 2 is 1.70 bits per heavy atom. The van der Waals surface area contributed by atoms with Gasteiger partial charge >= 0.3 is 0 Å². The van der Waals surface area contributed by atoms with Gasteiger partial charge in [0, 0.05) is 31.6 Å². The first-order chi connectivity index (χ1) is 12.2. The lowest BCUT2D eigenvalue weighted by Crippen LogP contribution is -2.47. The fourth-order valence-corrected chi connectivity index (χ4v) is 3.46. The highest BCUT2D eigenvalue weighted by Gasteiger charge is 2.22. The van der Waals surface area contributed by atoms with Crippen molar-refractivity contribution in [3.63, 3.8) is 0 Å². The lowest BCUT2D eigenvalue weighted by atomic mass is 10.0. The zero-order valence-electron chi connectivity index (χ0n) is 15.4. The maximum atomic E-state index is 12.4. The number of nitrogens with two attached hydrogens (primary N) is 1. The standard InChI is InChI=1S/C21H27N3O.2ClH/c22-20(18-10-5-2-6-11-18)14-21(25)23-19-12-7-13-24(16-19)15-17-8-3-1-4-9-17;;/h1-6,8-11,19-20H,7,12-16,22H2,(H,23,25);2*1H. The van der Waals surface area contributed by atoms with E-state index in [9.17, 15) is 4.79 Å². The average molecular weight is 410 g/mol. The minimum absolute atomic E-state index is 0. The van der Waals surface area contributed by atoms with Gasteiger partial charge in [0.25, 0.3) is 0 Å². The molecule has 3 N–H and O–H groups in total. The van der Waals surface area contributed by atoms with Crippen LogP contribution < -0.4 is 11.1 Å². The molecule has 0 spiro atoms. The van der Waals surface area contributed by atoms with E-state index in [2.05, 4.69) is 34.5 Å². The number of halogens is 2. The zero-order valence-corrected chi connectivity index (χ0v) is 17.1. The number of likely N-dealkylation sites (tertiary alicyclic amines) is 1. The highest BCUT2D eigenvalue weighted by molar-refractivity contribution is 5.85. The second-order valence-corrected chi connectivity index (χ2v) is 6.85. The van der Waals surface area contributed by atoms with Crippen LogP contribution in [-0.4, -0.2) is 29.9 Å². The van der Waals surface area contributed by atoms with Crippen LogP contribution in [0, 0.1) is 0 Å². The average Bonchev–Trinajstić information content (AvgIpc) is 2.63. The first-order valence-electron chi connectivity index (χ1n) is 9.07. The Balaban J connectivity index is 0.00000182. The highest BCUT2D eigenvalue weighted by Crippen LogP contribution is 2.16. The van der Waals surface area contributed by atoms with Crippen LogP contribution in [0.2, 0.25) is 0 Å². The summed E-state index contributed by atoms with van der Waals surface area (Å²) in [5.74, 6) is 0.0444. The van der Waals surface area contributed by atoms with Crippen LogP contribution in [0.25, 0.3) is 0 Å². The molecule has 2 unspecified atom stereocenters. The maximum absolute atomic E-state index is 12.4. The summed E-state index contributed by atoms with van der Waals surface area (Å²) >= 11 is 0. The van der Waals surface area contributed by atoms with E-state index in [0.717, 1.165) is 38.0 Å². The molecule has 2 aromatic rings. The molecule has 0 bridgehead atoms. The number of rotatable bonds is 6. The van der Waals surface area contributed by atoms with Gasteiger partial charge in [-0.25, -0.2) is 0 Å². The molecule has 6 heteroatoms. The monoisotopic (exact) mass is 409 g/mol. The first kappa shape index (κ1) is 23.4. The number of amides is 1. The molecule has 1 heterocycles. The largest absolute Gasteiger partial charge is 0.352 e. The second kappa shape index (κ2) is 12.0. The first-order valence-corrected chi connectivity index (χ1v) is 9.07. The molecule has 1 aliphatic heterocycles. The SMILES string of the molecule is Cl.Cl.NC(CC(=O)NC1CCCN(Cc2ccccc2)C1)c1ccccc1. The Kier molecular flexibility index (Phi) is 10.4. The molecular weight excluding hydrogens is 381 g/mol. The molecular formula is C21H29Cl2N3O. The van der Waals surface area contributed by atoms with Gasteiger partial charge in [-0.3, -0.25) is 9.69 Å². The van der Waals surface area contributed by atoms with Crippen LogP contribution >= 0.6 is 24.8 Å². The summed E-state index contributed by atoms with van der Waals surface area (Å²) in [6.45, 7) is 2.93. The molecule has 1 amide bonds. The molecule has 0 radical (unpaired) electrons. The van der Waals surface area contributed by atoms with Gasteiger partial charge in [-0.1, -0.05) is 60.7 Å². The van der Waals surface area contributed by atoms with Crippen molar-refractivity contribution in [1.29, 1.82) is 0 Å². The van der Waals surface area contributed by atoms with Crippen LogP contribution in [-0.2, 0) is 11.3 Å². The van der Waals surface area contributed by atoms with Gasteiger partial charge in [0.2, 0.25) is 5.91 Å². The molecule has 1 fully saturated rings. The summed E-state index contributed by atoms with van der Waals surface area (Å²) in [4.78, 5) is 14.8. The predicted octanol–water partition coefficient (Wildman–Crippen LogP) is 3.70. The lowest BCUT2D eigenvalue weighted by Gasteiger charge is -2.33. The Labute approximate surface area is 174 Å². The van der Waals surface area contributed by atoms with Crippen molar-refractivity contribution < 1.29 is 4.79 Å². The number of nitrogens with zero attached hydrogens (tertiary/aromatic N) is 1. The Morgan fingerprint density at radius 3 is 2.37 bits per heavy atom. The van der Waals surface area contributed by atoms with Gasteiger partial charge in [0.1, 0.15) is 0 Å². The molecule has 3 rings (SSSR count). The summed E-state index contributed by atoms with van der Waals surface area (Å²) in [7, 11) is 0. The molecule has 2 atom stereocenters. The lowest BCUT2D eigenvalue weighted by molar-refractivity contribution is -0.122. The minimum atomic E-state index is -0.245. The van der Waals surface area contributed by atoms with E-state index < -0.39 is 0 Å². The molecule has 1 aliphatic rings. The topological polar surface area (TPSA) is 58.4 Å². The molecule has 0 saturated carbocycles. The second-order valence-electron chi connectivity index (χ2n) is 6.85. The number of piperidine rings is 1. The Morgan fingerprint density at radius 1 is 1.07 bits per heavy atom. The van der Waals surface area contributed by atoms with E-state index >= 15 is 0 Å². The fraction of sp³-hybridized carbons (Fsp3) is 0.381. The predicted molar refractivity (Wildman–Crippen MR) is 115 cm³/mol. The number of hydrogen-bond acceptors (Lipinski definition) is 3. The molecule has 0 aromatic heterocycles. The number of benzene rings is 2. The normalized spacial score (nSPS) is 17.9. The van der Waals surface area contributed by atoms with Crippen molar-refractivity contribution in [2.45, 2.75) is 37.9 Å². The minimum Gasteiger partial charge on any atom is -0.352 e. The molecule has 2 aromatic carbocycles. The van der Waals surface area contributed by atoms with Crippen LogP contribution in [0.3, 0.4) is 0 Å². The Hall–Kier alpha value is -1.59. The third-order valence-corrected chi connectivity index (χ3v) is 4.75. The van der Waals surface area contributed by atoms with Crippen molar-refractivity contribution >= 4 is 30.7 Å². The van der Waals surface area contributed by atoms with Crippen LogP contribution in [0.5, 0.6) is 0 Å². The van der Waals surface area contributed by atoms with E-state index in [-0.39, 0.29) is 42.8 Å². The van der Waals surface area contributed by atoms with Crippen molar-refractivity contribution in [2.24, 2.45) is 5.73 Å². The van der Waals surface area contributed by atoms with Gasteiger partial charge in [-0.05, 0) is 30.5 Å². The number of carbonyl (C=O) groups is 1. The summed E-state index contributed by atoms with van der Waals surface area (Å²) in [6.07, 6.45) is 2.49. The zero-order chi connectivity index (χ0) is 17.5. The van der Waals surface area contributed by atoms with Crippen molar-refractivity contribution in [3.8, 4) is 0 Å².